The second-order valence-corrected chi connectivity index (χ2v) is 8.02. The summed E-state index contributed by atoms with van der Waals surface area (Å²) in [5, 5.41) is 12.6. The van der Waals surface area contributed by atoms with E-state index in [1.54, 1.807) is 0 Å². The van der Waals surface area contributed by atoms with Crippen LogP contribution in [-0.2, 0) is 4.79 Å². The maximum absolute atomic E-state index is 12.7. The SMILES string of the molecule is Cc1ccc(NC(=O)C(C)N2CCN(C(C#N)c3ccccc3)CC2)c(Br)c1. The van der Waals surface area contributed by atoms with E-state index in [9.17, 15) is 10.1 Å². The third-order valence-electron chi connectivity index (χ3n) is 5.26. The summed E-state index contributed by atoms with van der Waals surface area (Å²) in [5.74, 6) is -0.0158. The smallest absolute Gasteiger partial charge is 0.241 e. The molecule has 2 aromatic rings. The van der Waals surface area contributed by atoms with Crippen molar-refractivity contribution >= 4 is 27.5 Å². The third-order valence-corrected chi connectivity index (χ3v) is 5.92. The molecule has 1 saturated heterocycles. The molecule has 0 spiro atoms. The topological polar surface area (TPSA) is 59.4 Å². The standard InChI is InChI=1S/C22H25BrN4O/c1-16-8-9-20(19(23)14-16)25-22(28)17(2)26-10-12-27(13-11-26)21(15-24)18-6-4-3-5-7-18/h3-9,14,17,21H,10-13H2,1-2H3,(H,25,28). The molecule has 6 heteroatoms. The van der Waals surface area contributed by atoms with E-state index in [0.29, 0.717) is 0 Å². The molecule has 5 nitrogen and oxygen atoms in total. The van der Waals surface area contributed by atoms with Gasteiger partial charge in [0.05, 0.1) is 17.8 Å². The van der Waals surface area contributed by atoms with Gasteiger partial charge in [0.15, 0.2) is 0 Å². The van der Waals surface area contributed by atoms with Crippen molar-refractivity contribution in [2.24, 2.45) is 0 Å². The molecule has 1 aliphatic rings. The van der Waals surface area contributed by atoms with Crippen LogP contribution in [0.1, 0.15) is 24.1 Å². The van der Waals surface area contributed by atoms with Gasteiger partial charge in [-0.3, -0.25) is 14.6 Å². The Bertz CT molecular complexity index is 857. The highest BCUT2D eigenvalue weighted by Gasteiger charge is 2.29. The van der Waals surface area contributed by atoms with Gasteiger partial charge in [0, 0.05) is 30.7 Å². The Labute approximate surface area is 175 Å². The molecule has 0 radical (unpaired) electrons. The van der Waals surface area contributed by atoms with Crippen LogP contribution in [-0.4, -0.2) is 47.9 Å². The Morgan fingerprint density at radius 3 is 2.36 bits per heavy atom. The Kier molecular flexibility index (Phi) is 6.84. The lowest BCUT2D eigenvalue weighted by Gasteiger charge is -2.39. The predicted octanol–water partition coefficient (Wildman–Crippen LogP) is 3.97. The van der Waals surface area contributed by atoms with E-state index in [0.717, 1.165) is 47.5 Å². The van der Waals surface area contributed by atoms with Crippen molar-refractivity contribution in [3.63, 3.8) is 0 Å². The fourth-order valence-electron chi connectivity index (χ4n) is 3.51. The lowest BCUT2D eigenvalue weighted by atomic mass is 10.1. The van der Waals surface area contributed by atoms with E-state index in [-0.39, 0.29) is 18.0 Å². The van der Waals surface area contributed by atoms with Gasteiger partial charge in [-0.1, -0.05) is 36.4 Å². The molecule has 0 aliphatic carbocycles. The first-order chi connectivity index (χ1) is 13.5. The number of rotatable bonds is 5. The number of carbonyl (C=O) groups excluding carboxylic acids is 1. The molecule has 2 unspecified atom stereocenters. The minimum atomic E-state index is -0.240. The van der Waals surface area contributed by atoms with Crippen LogP contribution in [0.5, 0.6) is 0 Å². The van der Waals surface area contributed by atoms with Gasteiger partial charge in [-0.15, -0.1) is 0 Å². The quantitative estimate of drug-likeness (QED) is 0.763. The number of nitrogens with one attached hydrogen (secondary N) is 1. The highest BCUT2D eigenvalue weighted by atomic mass is 79.9. The molecule has 2 atom stereocenters. The number of aryl methyl sites for hydroxylation is 1. The van der Waals surface area contributed by atoms with Gasteiger partial charge in [0.1, 0.15) is 6.04 Å². The number of piperazine rings is 1. The number of amides is 1. The van der Waals surface area contributed by atoms with E-state index >= 15 is 0 Å². The Balaban J connectivity index is 1.58. The zero-order chi connectivity index (χ0) is 20.1. The number of hydrogen-bond acceptors (Lipinski definition) is 4. The first-order valence-corrected chi connectivity index (χ1v) is 10.3. The van der Waals surface area contributed by atoms with Gasteiger partial charge in [-0.05, 0) is 53.0 Å². The summed E-state index contributed by atoms with van der Waals surface area (Å²) >= 11 is 3.51. The van der Waals surface area contributed by atoms with Crippen LogP contribution in [0.25, 0.3) is 0 Å². The summed E-state index contributed by atoms with van der Waals surface area (Å²) in [4.78, 5) is 17.1. The summed E-state index contributed by atoms with van der Waals surface area (Å²) in [6.07, 6.45) is 0. The fraction of sp³-hybridized carbons (Fsp3) is 0.364. The van der Waals surface area contributed by atoms with Crippen LogP contribution in [0.4, 0.5) is 5.69 Å². The molecule has 1 fully saturated rings. The first kappa shape index (κ1) is 20.5. The largest absolute Gasteiger partial charge is 0.324 e. The molecule has 1 N–H and O–H groups in total. The Morgan fingerprint density at radius 1 is 1.11 bits per heavy atom. The van der Waals surface area contributed by atoms with E-state index in [1.165, 1.54) is 0 Å². The molecule has 1 aliphatic heterocycles. The van der Waals surface area contributed by atoms with Crippen LogP contribution >= 0.6 is 15.9 Å². The zero-order valence-corrected chi connectivity index (χ0v) is 17.8. The van der Waals surface area contributed by atoms with Gasteiger partial charge in [-0.2, -0.15) is 5.26 Å². The number of carbonyl (C=O) groups is 1. The minimum Gasteiger partial charge on any atom is -0.324 e. The summed E-state index contributed by atoms with van der Waals surface area (Å²) in [5.41, 5.74) is 2.95. The van der Waals surface area contributed by atoms with Crippen molar-refractivity contribution in [2.45, 2.75) is 25.9 Å². The molecule has 0 bridgehead atoms. The second kappa shape index (κ2) is 9.33. The molecule has 0 aromatic heterocycles. The molecule has 1 amide bonds. The monoisotopic (exact) mass is 440 g/mol. The van der Waals surface area contributed by atoms with Gasteiger partial charge < -0.3 is 5.32 Å². The van der Waals surface area contributed by atoms with E-state index in [2.05, 4.69) is 37.1 Å². The number of nitrogens with zero attached hydrogens (tertiary/aromatic N) is 3. The number of halogens is 1. The van der Waals surface area contributed by atoms with Crippen molar-refractivity contribution in [3.8, 4) is 6.07 Å². The van der Waals surface area contributed by atoms with Gasteiger partial charge in [-0.25, -0.2) is 0 Å². The van der Waals surface area contributed by atoms with Crippen LogP contribution < -0.4 is 5.32 Å². The minimum absolute atomic E-state index is 0.0158. The van der Waals surface area contributed by atoms with Crippen molar-refractivity contribution < 1.29 is 4.79 Å². The van der Waals surface area contributed by atoms with Crippen LogP contribution in [0.15, 0.2) is 53.0 Å². The number of benzene rings is 2. The third kappa shape index (κ3) is 4.79. The molecule has 146 valence electrons. The molecule has 1 heterocycles. The maximum Gasteiger partial charge on any atom is 0.241 e. The molecule has 0 saturated carbocycles. The van der Waals surface area contributed by atoms with Gasteiger partial charge in [0.2, 0.25) is 5.91 Å². The lowest BCUT2D eigenvalue weighted by Crippen LogP contribution is -2.53. The van der Waals surface area contributed by atoms with Crippen molar-refractivity contribution in [1.82, 2.24) is 9.80 Å². The van der Waals surface area contributed by atoms with Crippen LogP contribution in [0.3, 0.4) is 0 Å². The van der Waals surface area contributed by atoms with Gasteiger partial charge >= 0.3 is 0 Å². The summed E-state index contributed by atoms with van der Waals surface area (Å²) in [7, 11) is 0. The summed E-state index contributed by atoms with van der Waals surface area (Å²) in [6.45, 7) is 7.00. The van der Waals surface area contributed by atoms with E-state index in [4.69, 9.17) is 0 Å². The number of anilines is 1. The Hall–Kier alpha value is -2.20. The lowest BCUT2D eigenvalue weighted by molar-refractivity contribution is -0.121. The Morgan fingerprint density at radius 2 is 1.75 bits per heavy atom. The summed E-state index contributed by atoms with van der Waals surface area (Å²) in [6, 6.07) is 17.7. The van der Waals surface area contributed by atoms with E-state index < -0.39 is 0 Å². The molecule has 28 heavy (non-hydrogen) atoms. The van der Waals surface area contributed by atoms with Gasteiger partial charge in [0.25, 0.3) is 0 Å². The molecular weight excluding hydrogens is 416 g/mol. The van der Waals surface area contributed by atoms with Crippen molar-refractivity contribution in [1.29, 1.82) is 5.26 Å². The van der Waals surface area contributed by atoms with Crippen molar-refractivity contribution in [2.75, 3.05) is 31.5 Å². The fourth-order valence-corrected chi connectivity index (χ4v) is 4.10. The van der Waals surface area contributed by atoms with Crippen molar-refractivity contribution in [3.05, 3.63) is 64.1 Å². The zero-order valence-electron chi connectivity index (χ0n) is 16.2. The molecule has 3 rings (SSSR count). The molecule has 2 aromatic carbocycles. The highest BCUT2D eigenvalue weighted by Crippen LogP contribution is 2.25. The maximum atomic E-state index is 12.7. The average Bonchev–Trinajstić information content (AvgIpc) is 2.71. The van der Waals surface area contributed by atoms with Crippen LogP contribution in [0, 0.1) is 18.3 Å². The average molecular weight is 441 g/mol. The van der Waals surface area contributed by atoms with E-state index in [1.807, 2.05) is 62.4 Å². The van der Waals surface area contributed by atoms with Crippen LogP contribution in [0.2, 0.25) is 0 Å². The number of hydrogen-bond donors (Lipinski definition) is 1. The predicted molar refractivity (Wildman–Crippen MR) is 115 cm³/mol. The first-order valence-electron chi connectivity index (χ1n) is 9.49. The highest BCUT2D eigenvalue weighted by molar-refractivity contribution is 9.10. The second-order valence-electron chi connectivity index (χ2n) is 7.16. The molecular formula is C22H25BrN4O. The normalized spacial score (nSPS) is 17.5. The number of nitriles is 1. The summed E-state index contributed by atoms with van der Waals surface area (Å²) < 4.78 is 0.887.